The van der Waals surface area contributed by atoms with E-state index in [1.54, 1.807) is 24.5 Å². The normalized spacial score (nSPS) is 12.4. The lowest BCUT2D eigenvalue weighted by Gasteiger charge is -2.18. The molecule has 0 amide bonds. The molecule has 2 aromatic rings. The molecule has 100 valence electrons. The second kappa shape index (κ2) is 6.10. The van der Waals surface area contributed by atoms with Crippen molar-refractivity contribution in [2.75, 3.05) is 5.73 Å². The van der Waals surface area contributed by atoms with Crippen molar-refractivity contribution in [3.8, 4) is 0 Å². The molecule has 1 aromatic carbocycles. The zero-order valence-corrected chi connectivity index (χ0v) is 11.7. The topological polar surface area (TPSA) is 77.0 Å². The number of anilines is 1. The molecular weight excluding hydrogens is 311 g/mol. The first-order chi connectivity index (χ1) is 9.11. The Morgan fingerprint density at radius 1 is 1.37 bits per heavy atom. The molecule has 5 N–H and O–H groups in total. The van der Waals surface area contributed by atoms with Gasteiger partial charge in [-0.1, -0.05) is 22.0 Å². The third kappa shape index (κ3) is 3.28. The molecule has 0 aliphatic rings. The zero-order valence-electron chi connectivity index (χ0n) is 10.1. The van der Waals surface area contributed by atoms with E-state index in [0.29, 0.717) is 16.6 Å². The van der Waals surface area contributed by atoms with E-state index >= 15 is 0 Å². The number of nitrogens with two attached hydrogens (primary N) is 2. The highest BCUT2D eigenvalue weighted by Gasteiger charge is 2.15. The fraction of sp³-hybridized carbons (Fsp3) is 0.154. The number of nitrogen functional groups attached to an aromatic ring is 1. The van der Waals surface area contributed by atoms with E-state index in [0.717, 1.165) is 11.1 Å². The Kier molecular flexibility index (Phi) is 4.47. The van der Waals surface area contributed by atoms with Crippen LogP contribution in [-0.2, 0) is 6.42 Å². The van der Waals surface area contributed by atoms with Crippen LogP contribution in [0, 0.1) is 5.82 Å². The fourth-order valence-corrected chi connectivity index (χ4v) is 2.50. The molecule has 0 spiro atoms. The molecule has 19 heavy (non-hydrogen) atoms. The Morgan fingerprint density at radius 3 is 2.79 bits per heavy atom. The SMILES string of the molecule is NNC(Cc1cnccc1N)c1ccc(F)cc1Br. The van der Waals surface area contributed by atoms with Crippen molar-refractivity contribution in [2.24, 2.45) is 5.84 Å². The van der Waals surface area contributed by atoms with Crippen LogP contribution in [0.4, 0.5) is 10.1 Å². The number of halogens is 2. The third-order valence-corrected chi connectivity index (χ3v) is 3.59. The van der Waals surface area contributed by atoms with Crippen LogP contribution in [0.15, 0.2) is 41.1 Å². The minimum absolute atomic E-state index is 0.179. The van der Waals surface area contributed by atoms with Gasteiger partial charge in [0.05, 0.1) is 6.04 Å². The summed E-state index contributed by atoms with van der Waals surface area (Å²) in [6.45, 7) is 0. The van der Waals surface area contributed by atoms with E-state index in [9.17, 15) is 4.39 Å². The number of hydrogen-bond acceptors (Lipinski definition) is 4. The maximum atomic E-state index is 13.1. The van der Waals surface area contributed by atoms with E-state index in [1.807, 2.05) is 0 Å². The van der Waals surface area contributed by atoms with Crippen LogP contribution in [0.5, 0.6) is 0 Å². The quantitative estimate of drug-likeness (QED) is 0.595. The lowest BCUT2D eigenvalue weighted by Crippen LogP contribution is -2.30. The molecule has 0 saturated carbocycles. The lowest BCUT2D eigenvalue weighted by molar-refractivity contribution is 0.547. The van der Waals surface area contributed by atoms with Crippen molar-refractivity contribution in [1.82, 2.24) is 10.4 Å². The summed E-state index contributed by atoms with van der Waals surface area (Å²) in [6.07, 6.45) is 3.91. The molecule has 2 rings (SSSR count). The van der Waals surface area contributed by atoms with Gasteiger partial charge in [0.1, 0.15) is 5.82 Å². The first-order valence-corrected chi connectivity index (χ1v) is 6.50. The smallest absolute Gasteiger partial charge is 0.124 e. The number of hydrogen-bond donors (Lipinski definition) is 3. The lowest BCUT2D eigenvalue weighted by atomic mass is 9.99. The number of hydrazine groups is 1. The number of nitrogens with one attached hydrogen (secondary N) is 1. The molecule has 0 bridgehead atoms. The average Bonchev–Trinajstić information content (AvgIpc) is 2.39. The summed E-state index contributed by atoms with van der Waals surface area (Å²) >= 11 is 3.34. The van der Waals surface area contributed by atoms with Crippen LogP contribution in [0.25, 0.3) is 0 Å². The Balaban J connectivity index is 2.28. The Morgan fingerprint density at radius 2 is 2.16 bits per heavy atom. The summed E-state index contributed by atoms with van der Waals surface area (Å²) in [6, 6.07) is 6.06. The number of benzene rings is 1. The van der Waals surface area contributed by atoms with Crippen LogP contribution in [0.1, 0.15) is 17.2 Å². The molecule has 1 atom stereocenters. The van der Waals surface area contributed by atoms with Gasteiger partial charge in [0.2, 0.25) is 0 Å². The van der Waals surface area contributed by atoms with Crippen molar-refractivity contribution >= 4 is 21.6 Å². The van der Waals surface area contributed by atoms with Crippen LogP contribution in [0.2, 0.25) is 0 Å². The highest BCUT2D eigenvalue weighted by atomic mass is 79.9. The molecule has 0 saturated heterocycles. The van der Waals surface area contributed by atoms with Gasteiger partial charge in [-0.3, -0.25) is 16.3 Å². The number of aromatic nitrogens is 1. The first kappa shape index (κ1) is 13.9. The van der Waals surface area contributed by atoms with E-state index in [-0.39, 0.29) is 11.9 Å². The molecule has 0 radical (unpaired) electrons. The molecule has 6 heteroatoms. The Bertz CT molecular complexity index is 576. The predicted octanol–water partition coefficient (Wildman–Crippen LogP) is 2.31. The van der Waals surface area contributed by atoms with Crippen molar-refractivity contribution in [2.45, 2.75) is 12.5 Å². The maximum Gasteiger partial charge on any atom is 0.124 e. The number of pyridine rings is 1. The van der Waals surface area contributed by atoms with E-state index in [4.69, 9.17) is 11.6 Å². The predicted molar refractivity (Wildman–Crippen MR) is 76.5 cm³/mol. The molecule has 4 nitrogen and oxygen atoms in total. The fourth-order valence-electron chi connectivity index (χ4n) is 1.87. The van der Waals surface area contributed by atoms with Crippen LogP contribution < -0.4 is 17.0 Å². The summed E-state index contributed by atoms with van der Waals surface area (Å²) in [4.78, 5) is 4.04. The molecule has 0 aliphatic heterocycles. The van der Waals surface area contributed by atoms with Gasteiger partial charge in [-0.2, -0.15) is 0 Å². The maximum absolute atomic E-state index is 13.1. The number of nitrogens with zero attached hydrogens (tertiary/aromatic N) is 1. The van der Waals surface area contributed by atoms with Crippen molar-refractivity contribution in [1.29, 1.82) is 0 Å². The number of rotatable bonds is 4. The molecule has 1 heterocycles. The standard InChI is InChI=1S/C13H14BrFN4/c14-11-6-9(15)1-2-10(11)13(19-17)5-8-7-18-4-3-12(8)16/h1-4,6-7,13,19H,5,17H2,(H2,16,18). The summed E-state index contributed by atoms with van der Waals surface area (Å²) in [5.74, 6) is 5.29. The average molecular weight is 325 g/mol. The zero-order chi connectivity index (χ0) is 13.8. The van der Waals surface area contributed by atoms with E-state index in [2.05, 4.69) is 26.3 Å². The summed E-state index contributed by atoms with van der Waals surface area (Å²) in [5, 5.41) is 0. The van der Waals surface area contributed by atoms with Gasteiger partial charge in [-0.15, -0.1) is 0 Å². The van der Waals surface area contributed by atoms with Crippen molar-refractivity contribution < 1.29 is 4.39 Å². The highest BCUT2D eigenvalue weighted by Crippen LogP contribution is 2.27. The Labute approximate surface area is 119 Å². The van der Waals surface area contributed by atoms with Crippen LogP contribution >= 0.6 is 15.9 Å². The van der Waals surface area contributed by atoms with Crippen LogP contribution in [-0.4, -0.2) is 4.98 Å². The van der Waals surface area contributed by atoms with Crippen molar-refractivity contribution in [3.05, 3.63) is 58.1 Å². The first-order valence-electron chi connectivity index (χ1n) is 5.71. The second-order valence-electron chi connectivity index (χ2n) is 4.16. The minimum Gasteiger partial charge on any atom is -0.398 e. The molecule has 1 aromatic heterocycles. The van der Waals surface area contributed by atoms with Gasteiger partial charge in [0.15, 0.2) is 0 Å². The van der Waals surface area contributed by atoms with Gasteiger partial charge in [-0.05, 0) is 35.7 Å². The van der Waals surface area contributed by atoms with Gasteiger partial charge < -0.3 is 5.73 Å². The van der Waals surface area contributed by atoms with E-state index < -0.39 is 0 Å². The molecule has 1 unspecified atom stereocenters. The molecular formula is C13H14BrFN4. The largest absolute Gasteiger partial charge is 0.398 e. The summed E-state index contributed by atoms with van der Waals surface area (Å²) < 4.78 is 13.8. The van der Waals surface area contributed by atoms with Gasteiger partial charge in [0.25, 0.3) is 0 Å². The van der Waals surface area contributed by atoms with Crippen molar-refractivity contribution in [3.63, 3.8) is 0 Å². The summed E-state index contributed by atoms with van der Waals surface area (Å²) in [5.41, 5.74) is 11.0. The summed E-state index contributed by atoms with van der Waals surface area (Å²) in [7, 11) is 0. The van der Waals surface area contributed by atoms with Gasteiger partial charge >= 0.3 is 0 Å². The van der Waals surface area contributed by atoms with Crippen LogP contribution in [0.3, 0.4) is 0 Å². The highest BCUT2D eigenvalue weighted by molar-refractivity contribution is 9.10. The minimum atomic E-state index is -0.299. The van der Waals surface area contributed by atoms with Gasteiger partial charge in [-0.25, -0.2) is 4.39 Å². The van der Waals surface area contributed by atoms with Gasteiger partial charge in [0, 0.05) is 22.6 Å². The molecule has 0 fully saturated rings. The second-order valence-corrected chi connectivity index (χ2v) is 5.02. The Hall–Kier alpha value is -1.50. The monoisotopic (exact) mass is 324 g/mol. The third-order valence-electron chi connectivity index (χ3n) is 2.90. The van der Waals surface area contributed by atoms with E-state index in [1.165, 1.54) is 12.1 Å². The molecule has 0 aliphatic carbocycles.